The Labute approximate surface area is 180 Å². The third-order valence-corrected chi connectivity index (χ3v) is 4.85. The average molecular weight is 423 g/mol. The summed E-state index contributed by atoms with van der Waals surface area (Å²) in [6, 6.07) is 11.3. The van der Waals surface area contributed by atoms with Crippen molar-refractivity contribution in [3.63, 3.8) is 0 Å². The van der Waals surface area contributed by atoms with Gasteiger partial charge in [-0.1, -0.05) is 12.1 Å². The molecule has 2 heterocycles. The summed E-state index contributed by atoms with van der Waals surface area (Å²) in [7, 11) is 0. The third-order valence-electron chi connectivity index (χ3n) is 4.85. The molecule has 7 nitrogen and oxygen atoms in total. The van der Waals surface area contributed by atoms with Crippen molar-refractivity contribution in [2.24, 2.45) is 0 Å². The fourth-order valence-corrected chi connectivity index (χ4v) is 3.12. The lowest BCUT2D eigenvalue weighted by Crippen LogP contribution is -2.42. The molecular weight excluding hydrogens is 397 g/mol. The van der Waals surface area contributed by atoms with Crippen LogP contribution >= 0.6 is 0 Å². The van der Waals surface area contributed by atoms with Crippen LogP contribution in [0.15, 0.2) is 42.7 Å². The van der Waals surface area contributed by atoms with Gasteiger partial charge in [-0.25, -0.2) is 8.91 Å². The van der Waals surface area contributed by atoms with Crippen LogP contribution in [0, 0.1) is 11.3 Å². The van der Waals surface area contributed by atoms with E-state index >= 15 is 0 Å². The maximum absolute atomic E-state index is 14.1. The van der Waals surface area contributed by atoms with E-state index in [9.17, 15) is 14.3 Å². The molecule has 0 fully saturated rings. The number of rotatable bonds is 7. The molecule has 0 aliphatic heterocycles. The third kappa shape index (κ3) is 5.01. The Kier molecular flexibility index (Phi) is 6.27. The van der Waals surface area contributed by atoms with Crippen LogP contribution in [0.25, 0.3) is 16.6 Å². The van der Waals surface area contributed by atoms with Gasteiger partial charge in [0.1, 0.15) is 6.17 Å². The zero-order valence-electron chi connectivity index (χ0n) is 18.0. The first-order chi connectivity index (χ1) is 14.6. The van der Waals surface area contributed by atoms with Gasteiger partial charge >= 0.3 is 0 Å². The van der Waals surface area contributed by atoms with E-state index in [-0.39, 0.29) is 18.2 Å². The minimum Gasteiger partial charge on any atom is -0.387 e. The van der Waals surface area contributed by atoms with Gasteiger partial charge in [0, 0.05) is 17.8 Å². The zero-order valence-corrected chi connectivity index (χ0v) is 18.0. The van der Waals surface area contributed by atoms with Crippen molar-refractivity contribution in [1.82, 2.24) is 14.9 Å². The van der Waals surface area contributed by atoms with Crippen molar-refractivity contribution in [3.05, 3.63) is 53.9 Å². The number of amides is 1. The molecule has 1 atom stereocenters. The lowest BCUT2D eigenvalue weighted by Gasteiger charge is -2.23. The monoisotopic (exact) mass is 423 g/mol. The van der Waals surface area contributed by atoms with E-state index in [1.54, 1.807) is 16.6 Å². The second-order valence-corrected chi connectivity index (χ2v) is 8.31. The number of nitriles is 1. The van der Waals surface area contributed by atoms with Gasteiger partial charge in [-0.2, -0.15) is 10.4 Å². The highest BCUT2D eigenvalue weighted by Crippen LogP contribution is 2.29. The van der Waals surface area contributed by atoms with Crippen molar-refractivity contribution < 1.29 is 14.3 Å². The summed E-state index contributed by atoms with van der Waals surface area (Å²) >= 11 is 0. The molecule has 0 unspecified atom stereocenters. The molecular formula is C23H26FN5O2. The molecule has 3 N–H and O–H groups in total. The van der Waals surface area contributed by atoms with E-state index in [0.717, 1.165) is 11.1 Å². The van der Waals surface area contributed by atoms with E-state index in [0.29, 0.717) is 16.8 Å². The average Bonchev–Trinajstić information content (AvgIpc) is 3.16. The number of aromatic nitrogens is 2. The molecule has 1 amide bonds. The van der Waals surface area contributed by atoms with Crippen LogP contribution < -0.4 is 10.6 Å². The Bertz CT molecular complexity index is 1140. The maximum atomic E-state index is 14.1. The number of nitrogens with zero attached hydrogens (tertiary/aromatic N) is 3. The van der Waals surface area contributed by atoms with Crippen molar-refractivity contribution in [2.45, 2.75) is 45.5 Å². The molecule has 0 bridgehead atoms. The predicted octanol–water partition coefficient (Wildman–Crippen LogP) is 3.53. The SMILES string of the molecule is CC(C)Nc1c(C(=O)NC[C@@H](F)C(C)(C)O)cnn2cc(-c3cccc(C#N)c3)cc12. The number of fused-ring (bicyclic) bond motifs is 1. The molecule has 162 valence electrons. The van der Waals surface area contributed by atoms with E-state index in [2.05, 4.69) is 21.8 Å². The Balaban J connectivity index is 2.00. The first kappa shape index (κ1) is 22.2. The first-order valence-electron chi connectivity index (χ1n) is 10.0. The highest BCUT2D eigenvalue weighted by atomic mass is 19.1. The van der Waals surface area contributed by atoms with Crippen LogP contribution in [0.1, 0.15) is 43.6 Å². The van der Waals surface area contributed by atoms with Gasteiger partial charge in [0.15, 0.2) is 0 Å². The number of carbonyl (C=O) groups excluding carboxylic acids is 1. The Morgan fingerprint density at radius 1 is 1.32 bits per heavy atom. The van der Waals surface area contributed by atoms with Crippen LogP contribution in [0.5, 0.6) is 0 Å². The summed E-state index contributed by atoms with van der Waals surface area (Å²) in [5, 5.41) is 29.1. The quantitative estimate of drug-likeness (QED) is 0.540. The van der Waals surface area contributed by atoms with Gasteiger partial charge < -0.3 is 15.7 Å². The Hall–Kier alpha value is -3.44. The van der Waals surface area contributed by atoms with E-state index < -0.39 is 17.7 Å². The molecule has 0 spiro atoms. The number of alkyl halides is 1. The van der Waals surface area contributed by atoms with E-state index in [1.807, 2.05) is 38.2 Å². The summed E-state index contributed by atoms with van der Waals surface area (Å²) in [5.74, 6) is -0.487. The molecule has 0 saturated carbocycles. The molecule has 3 rings (SSSR count). The Morgan fingerprint density at radius 2 is 2.06 bits per heavy atom. The molecule has 0 radical (unpaired) electrons. The molecule has 8 heteroatoms. The lowest BCUT2D eigenvalue weighted by atomic mass is 10.0. The number of halogens is 1. The van der Waals surface area contributed by atoms with Gasteiger partial charge in [0.05, 0.1) is 46.7 Å². The highest BCUT2D eigenvalue weighted by Gasteiger charge is 2.27. The zero-order chi connectivity index (χ0) is 22.8. The van der Waals surface area contributed by atoms with Crippen molar-refractivity contribution in [1.29, 1.82) is 5.26 Å². The van der Waals surface area contributed by atoms with E-state index in [4.69, 9.17) is 5.26 Å². The second kappa shape index (κ2) is 8.74. The minimum absolute atomic E-state index is 0.0308. The first-order valence-corrected chi connectivity index (χ1v) is 10.0. The van der Waals surface area contributed by atoms with Crippen molar-refractivity contribution >= 4 is 17.1 Å². The number of nitrogens with one attached hydrogen (secondary N) is 2. The fourth-order valence-electron chi connectivity index (χ4n) is 3.12. The largest absolute Gasteiger partial charge is 0.387 e. The number of carbonyl (C=O) groups is 1. The summed E-state index contributed by atoms with van der Waals surface area (Å²) < 4.78 is 15.7. The number of hydrogen-bond donors (Lipinski definition) is 3. The normalized spacial score (nSPS) is 12.6. The standard InChI is InChI=1S/C23H26FN5O2/c1-14(2)28-21-18(22(30)26-12-20(24)23(3,4)31)11-27-29-13-17(9-19(21)29)16-7-5-6-15(8-16)10-25/h5-9,11,13-14,20,28,31H,12H2,1-4H3,(H,26,30)/t20-/m1/s1. The molecule has 31 heavy (non-hydrogen) atoms. The van der Waals surface area contributed by atoms with Gasteiger partial charge in [-0.05, 0) is 51.5 Å². The molecule has 2 aromatic heterocycles. The molecule has 3 aromatic rings. The molecule has 0 saturated heterocycles. The highest BCUT2D eigenvalue weighted by molar-refractivity contribution is 6.03. The summed E-state index contributed by atoms with van der Waals surface area (Å²) in [6.45, 7) is 6.29. The number of anilines is 1. The second-order valence-electron chi connectivity index (χ2n) is 8.31. The number of hydrogen-bond acceptors (Lipinski definition) is 5. The smallest absolute Gasteiger partial charge is 0.255 e. The predicted molar refractivity (Wildman–Crippen MR) is 118 cm³/mol. The van der Waals surface area contributed by atoms with Crippen LogP contribution in [-0.4, -0.2) is 45.0 Å². The maximum Gasteiger partial charge on any atom is 0.255 e. The summed E-state index contributed by atoms with van der Waals surface area (Å²) in [5.41, 5.74) is 2.23. The molecule has 0 aliphatic rings. The topological polar surface area (TPSA) is 102 Å². The van der Waals surface area contributed by atoms with Crippen LogP contribution in [0.3, 0.4) is 0 Å². The number of aliphatic hydroxyl groups is 1. The minimum atomic E-state index is -1.61. The van der Waals surface area contributed by atoms with Gasteiger partial charge in [0.25, 0.3) is 5.91 Å². The van der Waals surface area contributed by atoms with Crippen LogP contribution in [0.2, 0.25) is 0 Å². The van der Waals surface area contributed by atoms with Crippen molar-refractivity contribution in [2.75, 3.05) is 11.9 Å². The molecule has 0 aliphatic carbocycles. The Morgan fingerprint density at radius 3 is 2.71 bits per heavy atom. The van der Waals surface area contributed by atoms with Gasteiger partial charge in [-0.3, -0.25) is 4.79 Å². The summed E-state index contributed by atoms with van der Waals surface area (Å²) in [4.78, 5) is 12.8. The van der Waals surface area contributed by atoms with Crippen LogP contribution in [-0.2, 0) is 0 Å². The molecule has 1 aromatic carbocycles. The van der Waals surface area contributed by atoms with E-state index in [1.165, 1.54) is 20.0 Å². The van der Waals surface area contributed by atoms with Crippen molar-refractivity contribution in [3.8, 4) is 17.2 Å². The van der Waals surface area contributed by atoms with Gasteiger partial charge in [0.2, 0.25) is 0 Å². The fraction of sp³-hybridized carbons (Fsp3) is 0.348. The van der Waals surface area contributed by atoms with Crippen LogP contribution in [0.4, 0.5) is 10.1 Å². The number of benzene rings is 1. The van der Waals surface area contributed by atoms with Gasteiger partial charge in [-0.15, -0.1) is 0 Å². The lowest BCUT2D eigenvalue weighted by molar-refractivity contribution is -0.00177. The summed E-state index contributed by atoms with van der Waals surface area (Å²) in [6.07, 6.45) is 1.65.